The Balaban J connectivity index is 1.80. The average molecular weight is 408 g/mol. The van der Waals surface area contributed by atoms with Crippen molar-refractivity contribution in [2.75, 3.05) is 11.9 Å². The van der Waals surface area contributed by atoms with Crippen molar-refractivity contribution in [1.29, 1.82) is 0 Å². The van der Waals surface area contributed by atoms with Crippen LogP contribution < -0.4 is 15.8 Å². The van der Waals surface area contributed by atoms with Gasteiger partial charge in [-0.1, -0.05) is 17.3 Å². The van der Waals surface area contributed by atoms with Crippen molar-refractivity contribution in [3.63, 3.8) is 0 Å². The van der Waals surface area contributed by atoms with Crippen LogP contribution in [0.1, 0.15) is 50.5 Å². The van der Waals surface area contributed by atoms with E-state index in [0.29, 0.717) is 18.7 Å². The fraction of sp³-hybridized carbons (Fsp3) is 0.333. The second kappa shape index (κ2) is 9.59. The number of carbonyl (C=O) groups excluding carboxylic acids is 1. The fourth-order valence-electron chi connectivity index (χ4n) is 3.29. The largest absolute Gasteiger partial charge is 0.488 e. The summed E-state index contributed by atoms with van der Waals surface area (Å²) in [6.45, 7) is 8.73. The number of carbonyl (C=O) groups is 1. The smallest absolute Gasteiger partial charge is 0.255 e. The van der Waals surface area contributed by atoms with E-state index < -0.39 is 0 Å². The molecule has 30 heavy (non-hydrogen) atoms. The highest BCUT2D eigenvalue weighted by atomic mass is 16.5. The molecule has 0 aliphatic rings. The molecule has 0 bridgehead atoms. The van der Waals surface area contributed by atoms with Crippen molar-refractivity contribution in [3.05, 3.63) is 75.7 Å². The lowest BCUT2D eigenvalue weighted by Crippen LogP contribution is -2.14. The molecule has 6 heteroatoms. The van der Waals surface area contributed by atoms with E-state index in [2.05, 4.69) is 10.5 Å². The van der Waals surface area contributed by atoms with Crippen LogP contribution in [0.5, 0.6) is 5.75 Å². The summed E-state index contributed by atoms with van der Waals surface area (Å²) in [4.78, 5) is 12.9. The minimum absolute atomic E-state index is 0.144. The van der Waals surface area contributed by atoms with Crippen LogP contribution in [0.4, 0.5) is 5.69 Å². The van der Waals surface area contributed by atoms with Gasteiger partial charge in [-0.25, -0.2) is 0 Å². The third-order valence-electron chi connectivity index (χ3n) is 5.38. The molecule has 0 unspecified atom stereocenters. The van der Waals surface area contributed by atoms with E-state index in [1.807, 2.05) is 58.0 Å². The van der Waals surface area contributed by atoms with E-state index in [1.54, 1.807) is 6.07 Å². The summed E-state index contributed by atoms with van der Waals surface area (Å²) in [5, 5.41) is 6.98. The molecule has 3 aromatic rings. The van der Waals surface area contributed by atoms with E-state index in [4.69, 9.17) is 15.0 Å². The molecule has 0 saturated carbocycles. The number of hydrogen-bond acceptors (Lipinski definition) is 5. The highest BCUT2D eigenvalue weighted by molar-refractivity contribution is 6.05. The van der Waals surface area contributed by atoms with Crippen LogP contribution in [-0.4, -0.2) is 17.6 Å². The Morgan fingerprint density at radius 2 is 1.97 bits per heavy atom. The Labute approximate surface area is 177 Å². The predicted octanol–water partition coefficient (Wildman–Crippen LogP) is 4.63. The molecular formula is C24H29N3O3. The van der Waals surface area contributed by atoms with Gasteiger partial charge in [0.1, 0.15) is 18.1 Å². The number of rotatable bonds is 8. The normalized spacial score (nSPS) is 10.8. The zero-order valence-corrected chi connectivity index (χ0v) is 18.0. The Hall–Kier alpha value is -3.12. The van der Waals surface area contributed by atoms with Crippen molar-refractivity contribution in [2.24, 2.45) is 5.73 Å². The summed E-state index contributed by atoms with van der Waals surface area (Å²) in [5.41, 5.74) is 12.0. The van der Waals surface area contributed by atoms with E-state index in [-0.39, 0.29) is 5.91 Å². The second-order valence-electron chi connectivity index (χ2n) is 7.51. The second-order valence-corrected chi connectivity index (χ2v) is 7.51. The molecule has 1 heterocycles. The van der Waals surface area contributed by atoms with Gasteiger partial charge in [-0.3, -0.25) is 4.79 Å². The maximum Gasteiger partial charge on any atom is 0.255 e. The number of amides is 1. The quantitative estimate of drug-likeness (QED) is 0.568. The number of ether oxygens (including phenoxy) is 1. The summed E-state index contributed by atoms with van der Waals surface area (Å²) in [7, 11) is 0. The molecule has 0 radical (unpaired) electrons. The first-order valence-corrected chi connectivity index (χ1v) is 10.2. The molecule has 0 aliphatic heterocycles. The minimum Gasteiger partial charge on any atom is -0.488 e. The lowest BCUT2D eigenvalue weighted by Gasteiger charge is -2.14. The maximum absolute atomic E-state index is 12.9. The highest BCUT2D eigenvalue weighted by Crippen LogP contribution is 2.25. The monoisotopic (exact) mass is 407 g/mol. The first kappa shape index (κ1) is 21.6. The number of aryl methyl sites for hydroxylation is 4. The van der Waals surface area contributed by atoms with Crippen LogP contribution in [0, 0.1) is 27.7 Å². The van der Waals surface area contributed by atoms with Crippen molar-refractivity contribution < 1.29 is 14.1 Å². The average Bonchev–Trinajstić information content (AvgIpc) is 3.06. The molecule has 2 aromatic carbocycles. The van der Waals surface area contributed by atoms with Gasteiger partial charge in [-0.2, -0.15) is 0 Å². The third-order valence-corrected chi connectivity index (χ3v) is 5.38. The number of anilines is 1. The molecule has 0 fully saturated rings. The number of aromatic nitrogens is 1. The summed E-state index contributed by atoms with van der Waals surface area (Å²) >= 11 is 0. The molecule has 1 amide bonds. The van der Waals surface area contributed by atoms with Crippen LogP contribution in [0.15, 0.2) is 40.9 Å². The van der Waals surface area contributed by atoms with Crippen molar-refractivity contribution in [1.82, 2.24) is 5.16 Å². The van der Waals surface area contributed by atoms with E-state index in [0.717, 1.165) is 58.0 Å². The molecule has 3 N–H and O–H groups in total. The molecule has 3 rings (SSSR count). The summed E-state index contributed by atoms with van der Waals surface area (Å²) in [6, 6.07) is 11.4. The fourth-order valence-corrected chi connectivity index (χ4v) is 3.29. The standard InChI is InChI=1S/C24H29N3O3/c1-15-7-5-9-22(16(15)2)26-24(28)20-10-11-23(19(13-20)8-6-12-25)29-14-21-17(3)27-30-18(21)4/h5,7,9-11,13H,6,8,12,14,25H2,1-4H3,(H,26,28). The molecule has 158 valence electrons. The summed E-state index contributed by atoms with van der Waals surface area (Å²) < 4.78 is 11.3. The van der Waals surface area contributed by atoms with Gasteiger partial charge < -0.3 is 20.3 Å². The topological polar surface area (TPSA) is 90.4 Å². The molecule has 0 saturated heterocycles. The Morgan fingerprint density at radius 3 is 2.67 bits per heavy atom. The minimum atomic E-state index is -0.144. The molecule has 1 aromatic heterocycles. The Kier molecular flexibility index (Phi) is 6.90. The van der Waals surface area contributed by atoms with Crippen molar-refractivity contribution in [3.8, 4) is 5.75 Å². The molecule has 0 spiro atoms. The highest BCUT2D eigenvalue weighted by Gasteiger charge is 2.14. The molecular weight excluding hydrogens is 378 g/mol. The van der Waals surface area contributed by atoms with Crippen LogP contribution in [0.3, 0.4) is 0 Å². The Bertz CT molecular complexity index is 1020. The molecule has 0 atom stereocenters. The van der Waals surface area contributed by atoms with Crippen molar-refractivity contribution >= 4 is 11.6 Å². The van der Waals surface area contributed by atoms with Crippen LogP contribution in [-0.2, 0) is 13.0 Å². The maximum atomic E-state index is 12.9. The first-order valence-electron chi connectivity index (χ1n) is 10.2. The van der Waals surface area contributed by atoms with Gasteiger partial charge in [0, 0.05) is 11.3 Å². The number of nitrogens with zero attached hydrogens (tertiary/aromatic N) is 1. The number of nitrogens with one attached hydrogen (secondary N) is 1. The van der Waals surface area contributed by atoms with Gasteiger partial charge in [-0.15, -0.1) is 0 Å². The summed E-state index contributed by atoms with van der Waals surface area (Å²) in [6.07, 6.45) is 1.54. The molecule has 0 aliphatic carbocycles. The lowest BCUT2D eigenvalue weighted by atomic mass is 10.0. The number of nitrogens with two attached hydrogens (primary N) is 1. The van der Waals surface area contributed by atoms with Crippen LogP contribution in [0.2, 0.25) is 0 Å². The van der Waals surface area contributed by atoms with Gasteiger partial charge >= 0.3 is 0 Å². The van der Waals surface area contributed by atoms with Crippen molar-refractivity contribution in [2.45, 2.75) is 47.1 Å². The third kappa shape index (κ3) is 4.89. The Morgan fingerprint density at radius 1 is 1.17 bits per heavy atom. The predicted molar refractivity (Wildman–Crippen MR) is 118 cm³/mol. The van der Waals surface area contributed by atoms with Gasteiger partial charge in [0.2, 0.25) is 0 Å². The first-order chi connectivity index (χ1) is 14.4. The van der Waals surface area contributed by atoms with Crippen LogP contribution >= 0.6 is 0 Å². The number of benzene rings is 2. The lowest BCUT2D eigenvalue weighted by molar-refractivity contribution is 0.102. The zero-order valence-electron chi connectivity index (χ0n) is 18.0. The van der Waals surface area contributed by atoms with Gasteiger partial charge in [0.25, 0.3) is 5.91 Å². The van der Waals surface area contributed by atoms with Gasteiger partial charge in [-0.05, 0) is 88.0 Å². The number of hydrogen-bond donors (Lipinski definition) is 2. The van der Waals surface area contributed by atoms with E-state index >= 15 is 0 Å². The zero-order chi connectivity index (χ0) is 21.7. The molecule has 6 nitrogen and oxygen atoms in total. The summed E-state index contributed by atoms with van der Waals surface area (Å²) in [5.74, 6) is 1.35. The van der Waals surface area contributed by atoms with E-state index in [9.17, 15) is 4.79 Å². The van der Waals surface area contributed by atoms with E-state index in [1.165, 1.54) is 0 Å². The van der Waals surface area contributed by atoms with Gasteiger partial charge in [0.05, 0.1) is 11.3 Å². The van der Waals surface area contributed by atoms with Crippen LogP contribution in [0.25, 0.3) is 0 Å². The SMILES string of the molecule is Cc1cccc(NC(=O)c2ccc(OCc3c(C)noc3C)c(CCCN)c2)c1C. The van der Waals surface area contributed by atoms with Gasteiger partial charge in [0.15, 0.2) is 0 Å².